The summed E-state index contributed by atoms with van der Waals surface area (Å²) in [6.07, 6.45) is 2.63. The van der Waals surface area contributed by atoms with Crippen molar-refractivity contribution in [3.63, 3.8) is 0 Å². The maximum atomic E-state index is 12.3. The van der Waals surface area contributed by atoms with Gasteiger partial charge in [0, 0.05) is 12.6 Å². The standard InChI is InChI=1S/C16H21NO2/c1-3-14(15-7-5-4-6-8-15)11-16(18)17-9-10-19-12-13(17)2/h4-8,11,13H,3,9-10,12H2,1-2H3/b14-11+. The number of amides is 1. The number of hydrogen-bond donors (Lipinski definition) is 0. The molecule has 1 aliphatic rings. The number of carbonyl (C=O) groups excluding carboxylic acids is 1. The Hall–Kier alpha value is -1.61. The van der Waals surface area contributed by atoms with Crippen LogP contribution in [0.25, 0.3) is 5.57 Å². The van der Waals surface area contributed by atoms with Crippen molar-refractivity contribution in [2.45, 2.75) is 26.3 Å². The predicted octanol–water partition coefficient (Wildman–Crippen LogP) is 2.73. The summed E-state index contributed by atoms with van der Waals surface area (Å²) in [5.41, 5.74) is 2.21. The second-order valence-electron chi connectivity index (χ2n) is 4.84. The topological polar surface area (TPSA) is 29.5 Å². The van der Waals surface area contributed by atoms with Crippen LogP contribution in [0.1, 0.15) is 25.8 Å². The summed E-state index contributed by atoms with van der Waals surface area (Å²) in [6, 6.07) is 10.2. The zero-order valence-electron chi connectivity index (χ0n) is 11.6. The Morgan fingerprint density at radius 1 is 1.42 bits per heavy atom. The van der Waals surface area contributed by atoms with Crippen LogP contribution in [0.15, 0.2) is 36.4 Å². The molecule has 2 rings (SSSR count). The number of carbonyl (C=O) groups is 1. The van der Waals surface area contributed by atoms with E-state index in [9.17, 15) is 4.79 Å². The van der Waals surface area contributed by atoms with E-state index < -0.39 is 0 Å². The van der Waals surface area contributed by atoms with Gasteiger partial charge in [0.05, 0.1) is 19.3 Å². The third kappa shape index (κ3) is 3.44. The van der Waals surface area contributed by atoms with E-state index in [0.717, 1.165) is 17.6 Å². The van der Waals surface area contributed by atoms with E-state index in [-0.39, 0.29) is 11.9 Å². The molecule has 1 aromatic rings. The zero-order chi connectivity index (χ0) is 13.7. The van der Waals surface area contributed by atoms with Crippen molar-refractivity contribution in [3.8, 4) is 0 Å². The van der Waals surface area contributed by atoms with Crippen molar-refractivity contribution in [1.29, 1.82) is 0 Å². The van der Waals surface area contributed by atoms with Gasteiger partial charge in [-0.3, -0.25) is 4.79 Å². The molecule has 0 saturated carbocycles. The molecule has 0 spiro atoms. The highest BCUT2D eigenvalue weighted by Gasteiger charge is 2.22. The maximum Gasteiger partial charge on any atom is 0.247 e. The number of ether oxygens (including phenoxy) is 1. The summed E-state index contributed by atoms with van der Waals surface area (Å²) in [5.74, 6) is 0.0940. The van der Waals surface area contributed by atoms with E-state index in [1.54, 1.807) is 6.08 Å². The van der Waals surface area contributed by atoms with E-state index in [1.807, 2.05) is 42.2 Å². The Bertz CT molecular complexity index is 453. The summed E-state index contributed by atoms with van der Waals surface area (Å²) in [6.45, 7) is 6.05. The lowest BCUT2D eigenvalue weighted by molar-refractivity contribution is -0.133. The van der Waals surface area contributed by atoms with E-state index >= 15 is 0 Å². The summed E-state index contributed by atoms with van der Waals surface area (Å²) < 4.78 is 5.36. The van der Waals surface area contributed by atoms with Crippen LogP contribution in [-0.2, 0) is 9.53 Å². The molecule has 0 aliphatic carbocycles. The highest BCUT2D eigenvalue weighted by atomic mass is 16.5. The quantitative estimate of drug-likeness (QED) is 0.781. The van der Waals surface area contributed by atoms with Gasteiger partial charge in [-0.05, 0) is 24.5 Å². The van der Waals surface area contributed by atoms with Crippen LogP contribution in [0.5, 0.6) is 0 Å². The van der Waals surface area contributed by atoms with Crippen LogP contribution >= 0.6 is 0 Å². The van der Waals surface area contributed by atoms with Gasteiger partial charge in [-0.2, -0.15) is 0 Å². The molecule has 0 radical (unpaired) electrons. The third-order valence-electron chi connectivity index (χ3n) is 3.47. The molecule has 19 heavy (non-hydrogen) atoms. The van der Waals surface area contributed by atoms with Gasteiger partial charge < -0.3 is 9.64 Å². The lowest BCUT2D eigenvalue weighted by atomic mass is 10.0. The largest absolute Gasteiger partial charge is 0.377 e. The lowest BCUT2D eigenvalue weighted by Gasteiger charge is -2.32. The van der Waals surface area contributed by atoms with Gasteiger partial charge in [0.25, 0.3) is 0 Å². The molecule has 1 fully saturated rings. The molecular weight excluding hydrogens is 238 g/mol. The van der Waals surface area contributed by atoms with Gasteiger partial charge in [0.1, 0.15) is 0 Å². The molecule has 102 valence electrons. The SMILES string of the molecule is CC/C(=C\C(=O)N1CCOCC1C)c1ccccc1. The molecule has 1 atom stereocenters. The van der Waals surface area contributed by atoms with E-state index in [0.29, 0.717) is 19.8 Å². The van der Waals surface area contributed by atoms with E-state index in [4.69, 9.17) is 4.74 Å². The Kier molecular flexibility index (Phi) is 4.74. The van der Waals surface area contributed by atoms with Gasteiger partial charge in [0.2, 0.25) is 5.91 Å². The first-order valence-electron chi connectivity index (χ1n) is 6.86. The second-order valence-corrected chi connectivity index (χ2v) is 4.84. The normalized spacial score (nSPS) is 20.4. The first kappa shape index (κ1) is 13.8. The Balaban J connectivity index is 2.16. The smallest absolute Gasteiger partial charge is 0.247 e. The number of nitrogens with zero attached hydrogens (tertiary/aromatic N) is 1. The fraction of sp³-hybridized carbons (Fsp3) is 0.438. The maximum absolute atomic E-state index is 12.3. The molecule has 3 nitrogen and oxygen atoms in total. The minimum atomic E-state index is 0.0940. The van der Waals surface area contributed by atoms with E-state index in [1.165, 1.54) is 0 Å². The van der Waals surface area contributed by atoms with Gasteiger partial charge in [0.15, 0.2) is 0 Å². The number of rotatable bonds is 3. The van der Waals surface area contributed by atoms with Crippen LogP contribution in [-0.4, -0.2) is 36.6 Å². The predicted molar refractivity (Wildman–Crippen MR) is 76.7 cm³/mol. The molecule has 1 saturated heterocycles. The Labute approximate surface area is 114 Å². The minimum Gasteiger partial charge on any atom is -0.377 e. The average molecular weight is 259 g/mol. The summed E-state index contributed by atoms with van der Waals surface area (Å²) in [4.78, 5) is 14.2. The number of morpholine rings is 1. The number of hydrogen-bond acceptors (Lipinski definition) is 2. The molecular formula is C16H21NO2. The summed E-state index contributed by atoms with van der Waals surface area (Å²) in [5, 5.41) is 0. The number of benzene rings is 1. The molecule has 1 aromatic carbocycles. The van der Waals surface area contributed by atoms with Crippen LogP contribution < -0.4 is 0 Å². The van der Waals surface area contributed by atoms with Gasteiger partial charge in [-0.1, -0.05) is 37.3 Å². The van der Waals surface area contributed by atoms with Crippen LogP contribution in [0.4, 0.5) is 0 Å². The molecule has 1 aliphatic heterocycles. The first-order chi connectivity index (χ1) is 9.22. The Morgan fingerprint density at radius 3 is 2.79 bits per heavy atom. The van der Waals surface area contributed by atoms with Crippen LogP contribution in [0.2, 0.25) is 0 Å². The second kappa shape index (κ2) is 6.53. The minimum absolute atomic E-state index is 0.0940. The van der Waals surface area contributed by atoms with Crippen LogP contribution in [0, 0.1) is 0 Å². The highest BCUT2D eigenvalue weighted by Crippen LogP contribution is 2.18. The van der Waals surface area contributed by atoms with Gasteiger partial charge in [-0.15, -0.1) is 0 Å². The van der Waals surface area contributed by atoms with Gasteiger partial charge >= 0.3 is 0 Å². The fourth-order valence-electron chi connectivity index (χ4n) is 2.33. The van der Waals surface area contributed by atoms with Crippen LogP contribution in [0.3, 0.4) is 0 Å². The molecule has 0 aromatic heterocycles. The van der Waals surface area contributed by atoms with Crippen molar-refractivity contribution < 1.29 is 9.53 Å². The van der Waals surface area contributed by atoms with Crippen molar-refractivity contribution in [2.24, 2.45) is 0 Å². The lowest BCUT2D eigenvalue weighted by Crippen LogP contribution is -2.46. The van der Waals surface area contributed by atoms with Crippen molar-refractivity contribution in [2.75, 3.05) is 19.8 Å². The molecule has 0 N–H and O–H groups in total. The molecule has 1 unspecified atom stereocenters. The average Bonchev–Trinajstić information content (AvgIpc) is 2.46. The summed E-state index contributed by atoms with van der Waals surface area (Å²) >= 11 is 0. The first-order valence-corrected chi connectivity index (χ1v) is 6.86. The van der Waals surface area contributed by atoms with Crippen molar-refractivity contribution in [3.05, 3.63) is 42.0 Å². The molecule has 3 heteroatoms. The Morgan fingerprint density at radius 2 is 2.16 bits per heavy atom. The zero-order valence-corrected chi connectivity index (χ0v) is 11.6. The monoisotopic (exact) mass is 259 g/mol. The van der Waals surface area contributed by atoms with Crippen molar-refractivity contribution in [1.82, 2.24) is 4.90 Å². The van der Waals surface area contributed by atoms with Crippen molar-refractivity contribution >= 4 is 11.5 Å². The fourth-order valence-corrected chi connectivity index (χ4v) is 2.33. The molecule has 0 bridgehead atoms. The molecule has 1 amide bonds. The summed E-state index contributed by atoms with van der Waals surface area (Å²) in [7, 11) is 0. The number of allylic oxidation sites excluding steroid dienone is 1. The van der Waals surface area contributed by atoms with Gasteiger partial charge in [-0.25, -0.2) is 0 Å². The third-order valence-corrected chi connectivity index (χ3v) is 3.47. The molecule has 1 heterocycles. The van der Waals surface area contributed by atoms with E-state index in [2.05, 4.69) is 6.92 Å². The highest BCUT2D eigenvalue weighted by molar-refractivity contribution is 5.95.